The summed E-state index contributed by atoms with van der Waals surface area (Å²) < 4.78 is 0. The second-order valence-electron chi connectivity index (χ2n) is 4.32. The molecule has 0 fully saturated rings. The Hall–Kier alpha value is -2.95. The Morgan fingerprint density at radius 1 is 0.850 bits per heavy atom. The Kier molecular flexibility index (Phi) is 2.61. The average Bonchev–Trinajstić information content (AvgIpc) is 2.43. The van der Waals surface area contributed by atoms with Crippen molar-refractivity contribution in [2.45, 2.75) is 0 Å². The number of carboxylic acid groups (broad SMARTS) is 2. The summed E-state index contributed by atoms with van der Waals surface area (Å²) >= 11 is 0. The third kappa shape index (κ3) is 1.68. The van der Waals surface area contributed by atoms with E-state index in [0.717, 1.165) is 0 Å². The van der Waals surface area contributed by atoms with Crippen LogP contribution < -0.4 is 0 Å². The van der Waals surface area contributed by atoms with Gasteiger partial charge in [-0.15, -0.1) is 0 Å². The Morgan fingerprint density at radius 3 is 2.25 bits per heavy atom. The number of hydrogen-bond donors (Lipinski definition) is 2. The van der Waals surface area contributed by atoms with Crippen molar-refractivity contribution < 1.29 is 19.8 Å². The number of para-hydroxylation sites is 2. The zero-order valence-electron chi connectivity index (χ0n) is 10.2. The minimum absolute atomic E-state index is 0.00393. The van der Waals surface area contributed by atoms with Crippen LogP contribution in [0, 0.1) is 0 Å². The van der Waals surface area contributed by atoms with Gasteiger partial charge >= 0.3 is 11.9 Å². The molecule has 0 unspecified atom stereocenters. The highest BCUT2D eigenvalue weighted by Gasteiger charge is 2.18. The van der Waals surface area contributed by atoms with Crippen LogP contribution in [0.1, 0.15) is 20.7 Å². The van der Waals surface area contributed by atoms with E-state index in [1.807, 2.05) is 0 Å². The highest BCUT2D eigenvalue weighted by Crippen LogP contribution is 2.27. The monoisotopic (exact) mass is 267 g/mol. The molecule has 5 nitrogen and oxygen atoms in total. The Labute approximate surface area is 113 Å². The van der Waals surface area contributed by atoms with Crippen LogP contribution in [-0.4, -0.2) is 27.1 Å². The molecule has 98 valence electrons. The van der Waals surface area contributed by atoms with Crippen molar-refractivity contribution in [2.75, 3.05) is 0 Å². The van der Waals surface area contributed by atoms with Gasteiger partial charge in [0.1, 0.15) is 0 Å². The highest BCUT2D eigenvalue weighted by molar-refractivity contribution is 6.16. The lowest BCUT2D eigenvalue weighted by Gasteiger charge is -2.08. The Morgan fingerprint density at radius 2 is 1.55 bits per heavy atom. The van der Waals surface area contributed by atoms with Crippen LogP contribution in [-0.2, 0) is 0 Å². The second-order valence-corrected chi connectivity index (χ2v) is 4.32. The van der Waals surface area contributed by atoms with Crippen molar-refractivity contribution in [2.24, 2.45) is 0 Å². The van der Waals surface area contributed by atoms with Crippen LogP contribution in [0.4, 0.5) is 0 Å². The second kappa shape index (κ2) is 4.31. The maximum atomic E-state index is 11.5. The first-order valence-corrected chi connectivity index (χ1v) is 5.87. The number of rotatable bonds is 2. The van der Waals surface area contributed by atoms with E-state index in [-0.39, 0.29) is 16.6 Å². The number of aromatic carboxylic acids is 2. The molecule has 3 aromatic rings. The summed E-state index contributed by atoms with van der Waals surface area (Å²) in [6.45, 7) is 0. The van der Waals surface area contributed by atoms with Crippen molar-refractivity contribution in [1.82, 2.24) is 4.98 Å². The van der Waals surface area contributed by atoms with Crippen LogP contribution in [0.5, 0.6) is 0 Å². The number of hydrogen-bond acceptors (Lipinski definition) is 3. The van der Waals surface area contributed by atoms with Gasteiger partial charge in [0.05, 0.1) is 22.2 Å². The van der Waals surface area contributed by atoms with Gasteiger partial charge in [-0.3, -0.25) is 0 Å². The van der Waals surface area contributed by atoms with E-state index in [0.29, 0.717) is 16.3 Å². The number of nitrogens with zero attached hydrogens (tertiary/aromatic N) is 1. The molecule has 2 N–H and O–H groups in total. The van der Waals surface area contributed by atoms with E-state index in [4.69, 9.17) is 0 Å². The Balaban J connectivity index is 2.60. The molecule has 0 saturated carbocycles. The molecule has 0 saturated heterocycles. The van der Waals surface area contributed by atoms with E-state index >= 15 is 0 Å². The molecule has 2 aromatic carbocycles. The summed E-state index contributed by atoms with van der Waals surface area (Å²) in [5.74, 6) is -2.23. The van der Waals surface area contributed by atoms with Crippen molar-refractivity contribution in [1.29, 1.82) is 0 Å². The van der Waals surface area contributed by atoms with Crippen LogP contribution >= 0.6 is 0 Å². The molecule has 0 aliphatic rings. The zero-order valence-corrected chi connectivity index (χ0v) is 10.2. The zero-order chi connectivity index (χ0) is 14.3. The molecule has 3 rings (SSSR count). The maximum absolute atomic E-state index is 11.5. The van der Waals surface area contributed by atoms with Gasteiger partial charge in [-0.05, 0) is 12.1 Å². The predicted molar refractivity (Wildman–Crippen MR) is 73.2 cm³/mol. The van der Waals surface area contributed by atoms with Gasteiger partial charge in [-0.25, -0.2) is 14.6 Å². The quantitative estimate of drug-likeness (QED) is 0.697. The summed E-state index contributed by atoms with van der Waals surface area (Å²) in [5, 5.41) is 19.5. The third-order valence-corrected chi connectivity index (χ3v) is 3.16. The van der Waals surface area contributed by atoms with Crippen LogP contribution in [0.25, 0.3) is 21.8 Å². The summed E-state index contributed by atoms with van der Waals surface area (Å²) in [4.78, 5) is 27.1. The summed E-state index contributed by atoms with van der Waals surface area (Å²) in [7, 11) is 0. The molecule has 0 bridgehead atoms. The van der Waals surface area contributed by atoms with E-state index < -0.39 is 11.9 Å². The molecule has 0 aliphatic heterocycles. The summed E-state index contributed by atoms with van der Waals surface area (Å²) in [6, 6.07) is 11.3. The number of carbonyl (C=O) groups is 2. The first-order valence-electron chi connectivity index (χ1n) is 5.87. The first kappa shape index (κ1) is 12.1. The number of benzene rings is 2. The molecule has 1 aromatic heterocycles. The largest absolute Gasteiger partial charge is 0.478 e. The van der Waals surface area contributed by atoms with Gasteiger partial charge in [0.2, 0.25) is 0 Å². The lowest BCUT2D eigenvalue weighted by molar-refractivity contribution is 0.0687. The molecule has 0 spiro atoms. The van der Waals surface area contributed by atoms with Gasteiger partial charge in [0, 0.05) is 10.8 Å². The summed E-state index contributed by atoms with van der Waals surface area (Å²) in [6.07, 6.45) is 0. The van der Waals surface area contributed by atoms with Crippen LogP contribution in [0.3, 0.4) is 0 Å². The molecular weight excluding hydrogens is 258 g/mol. The fourth-order valence-electron chi connectivity index (χ4n) is 2.32. The molecule has 1 heterocycles. The molecule has 0 aliphatic carbocycles. The predicted octanol–water partition coefficient (Wildman–Crippen LogP) is 2.78. The van der Waals surface area contributed by atoms with E-state index in [1.165, 1.54) is 12.1 Å². The number of aromatic nitrogens is 1. The van der Waals surface area contributed by atoms with Crippen LogP contribution in [0.2, 0.25) is 0 Å². The molecular formula is C15H9NO4. The van der Waals surface area contributed by atoms with Crippen molar-refractivity contribution >= 4 is 33.7 Å². The van der Waals surface area contributed by atoms with Gasteiger partial charge in [0.15, 0.2) is 0 Å². The van der Waals surface area contributed by atoms with Gasteiger partial charge in [-0.2, -0.15) is 0 Å². The van der Waals surface area contributed by atoms with E-state index in [9.17, 15) is 19.8 Å². The molecule has 0 amide bonds. The molecule has 0 radical (unpaired) electrons. The smallest absolute Gasteiger partial charge is 0.337 e. The molecule has 0 atom stereocenters. The van der Waals surface area contributed by atoms with Crippen molar-refractivity contribution in [3.05, 3.63) is 53.6 Å². The summed E-state index contributed by atoms with van der Waals surface area (Å²) in [5.41, 5.74) is 0.728. The number of pyridine rings is 1. The van der Waals surface area contributed by atoms with E-state index in [2.05, 4.69) is 4.98 Å². The fourth-order valence-corrected chi connectivity index (χ4v) is 2.32. The minimum atomic E-state index is -1.13. The number of carboxylic acids is 2. The molecule has 20 heavy (non-hydrogen) atoms. The van der Waals surface area contributed by atoms with Crippen LogP contribution in [0.15, 0.2) is 42.5 Å². The normalized spacial score (nSPS) is 10.8. The maximum Gasteiger partial charge on any atom is 0.337 e. The topological polar surface area (TPSA) is 87.5 Å². The van der Waals surface area contributed by atoms with E-state index in [1.54, 1.807) is 30.3 Å². The van der Waals surface area contributed by atoms with Gasteiger partial charge in [-0.1, -0.05) is 30.3 Å². The highest BCUT2D eigenvalue weighted by atomic mass is 16.4. The van der Waals surface area contributed by atoms with Crippen molar-refractivity contribution in [3.8, 4) is 0 Å². The fraction of sp³-hybridized carbons (Fsp3) is 0. The Bertz CT molecular complexity index is 870. The SMILES string of the molecule is O=C(O)c1c2ccccc2nc2c(C(=O)O)cccc12. The molecule has 5 heteroatoms. The standard InChI is InChI=1S/C15H9NO4/c17-14(18)10-6-3-5-9-12(15(19)20)8-4-1-2-7-11(8)16-13(9)10/h1-7H,(H,17,18)(H,19,20). The average molecular weight is 267 g/mol. The minimum Gasteiger partial charge on any atom is -0.478 e. The lowest BCUT2D eigenvalue weighted by atomic mass is 10.0. The van der Waals surface area contributed by atoms with Gasteiger partial charge in [0.25, 0.3) is 0 Å². The third-order valence-electron chi connectivity index (χ3n) is 3.16. The number of fused-ring (bicyclic) bond motifs is 2. The lowest BCUT2D eigenvalue weighted by Crippen LogP contribution is -2.04. The first-order chi connectivity index (χ1) is 9.59. The van der Waals surface area contributed by atoms with Crippen molar-refractivity contribution in [3.63, 3.8) is 0 Å². The van der Waals surface area contributed by atoms with Gasteiger partial charge < -0.3 is 10.2 Å².